The summed E-state index contributed by atoms with van der Waals surface area (Å²) in [6.45, 7) is 0. The van der Waals surface area contributed by atoms with Crippen molar-refractivity contribution in [3.8, 4) is 17.6 Å². The predicted octanol–water partition coefficient (Wildman–Crippen LogP) is 3.99. The maximum atomic E-state index is 9.39. The Labute approximate surface area is 116 Å². The number of hydrogen-bond acceptors (Lipinski definition) is 4. The molecule has 5 heteroatoms. The van der Waals surface area contributed by atoms with E-state index >= 15 is 0 Å². The van der Waals surface area contributed by atoms with Gasteiger partial charge in [-0.2, -0.15) is 5.26 Å². The molecular weight excluding hydrogens is 314 g/mol. The fraction of sp³-hybridized carbons (Fsp3) is 0. The average Bonchev–Trinajstić information content (AvgIpc) is 2.77. The van der Waals surface area contributed by atoms with Crippen LogP contribution in [0.3, 0.4) is 0 Å². The largest absolute Gasteiger partial charge is 0.504 e. The van der Waals surface area contributed by atoms with Crippen LogP contribution in [0.25, 0.3) is 11.6 Å². The number of aromatic hydroxyl groups is 2. The van der Waals surface area contributed by atoms with Crippen LogP contribution in [0, 0.1) is 11.3 Å². The summed E-state index contributed by atoms with van der Waals surface area (Å²) in [5.41, 5.74) is 1.17. The van der Waals surface area contributed by atoms with Crippen LogP contribution < -0.4 is 0 Å². The lowest BCUT2D eigenvalue weighted by molar-refractivity contribution is 0.403. The van der Waals surface area contributed by atoms with Crippen LogP contribution >= 0.6 is 27.3 Å². The van der Waals surface area contributed by atoms with Crippen molar-refractivity contribution in [2.75, 3.05) is 0 Å². The molecular formula is C13H8BrNO2S. The Kier molecular flexibility index (Phi) is 3.70. The number of nitrogens with zero attached hydrogens (tertiary/aromatic N) is 1. The Morgan fingerprint density at radius 1 is 1.28 bits per heavy atom. The molecule has 18 heavy (non-hydrogen) atoms. The molecule has 0 unspecified atom stereocenters. The van der Waals surface area contributed by atoms with E-state index in [1.165, 1.54) is 23.5 Å². The molecule has 2 N–H and O–H groups in total. The number of benzene rings is 1. The molecule has 0 saturated carbocycles. The SMILES string of the molecule is N#CC(=Cc1ccc(O)c(O)c1)c1cc(Br)cs1. The van der Waals surface area contributed by atoms with Gasteiger partial charge < -0.3 is 10.2 Å². The van der Waals surface area contributed by atoms with Gasteiger partial charge in [-0.1, -0.05) is 6.07 Å². The molecule has 0 radical (unpaired) electrons. The Bertz CT molecular complexity index is 655. The quantitative estimate of drug-likeness (QED) is 0.649. The molecule has 90 valence electrons. The molecule has 2 aromatic rings. The van der Waals surface area contributed by atoms with Crippen LogP contribution in [-0.2, 0) is 0 Å². The smallest absolute Gasteiger partial charge is 0.157 e. The van der Waals surface area contributed by atoms with Gasteiger partial charge in [0.15, 0.2) is 11.5 Å². The first kappa shape index (κ1) is 12.7. The second kappa shape index (κ2) is 5.25. The van der Waals surface area contributed by atoms with Crippen molar-refractivity contribution >= 4 is 38.9 Å². The van der Waals surface area contributed by atoms with Crippen molar-refractivity contribution in [3.63, 3.8) is 0 Å². The van der Waals surface area contributed by atoms with Crippen LogP contribution in [0.4, 0.5) is 0 Å². The van der Waals surface area contributed by atoms with Crippen molar-refractivity contribution in [1.82, 2.24) is 0 Å². The molecule has 0 saturated heterocycles. The normalized spacial score (nSPS) is 11.2. The van der Waals surface area contributed by atoms with Gasteiger partial charge in [-0.25, -0.2) is 0 Å². The van der Waals surface area contributed by atoms with Crippen molar-refractivity contribution in [3.05, 3.63) is 44.6 Å². The van der Waals surface area contributed by atoms with Crippen molar-refractivity contribution in [2.24, 2.45) is 0 Å². The fourth-order valence-corrected chi connectivity index (χ4v) is 2.80. The van der Waals surface area contributed by atoms with Gasteiger partial charge in [0, 0.05) is 14.7 Å². The molecule has 1 aromatic carbocycles. The lowest BCUT2D eigenvalue weighted by Crippen LogP contribution is -1.78. The summed E-state index contributed by atoms with van der Waals surface area (Å²) < 4.78 is 0.928. The zero-order valence-electron chi connectivity index (χ0n) is 9.09. The zero-order valence-corrected chi connectivity index (χ0v) is 11.5. The average molecular weight is 322 g/mol. The Morgan fingerprint density at radius 2 is 2.06 bits per heavy atom. The van der Waals surface area contributed by atoms with Gasteiger partial charge in [-0.15, -0.1) is 11.3 Å². The van der Waals surface area contributed by atoms with Gasteiger partial charge in [0.2, 0.25) is 0 Å². The third kappa shape index (κ3) is 2.73. The van der Waals surface area contributed by atoms with E-state index in [1.807, 2.05) is 11.4 Å². The number of nitriles is 1. The van der Waals surface area contributed by atoms with E-state index < -0.39 is 0 Å². The van der Waals surface area contributed by atoms with E-state index in [9.17, 15) is 10.2 Å². The highest BCUT2D eigenvalue weighted by molar-refractivity contribution is 9.10. The second-order valence-corrected chi connectivity index (χ2v) is 5.37. The summed E-state index contributed by atoms with van der Waals surface area (Å²) in [6, 6.07) is 8.42. The number of phenolic OH excluding ortho intramolecular Hbond substituents is 2. The number of hydrogen-bond donors (Lipinski definition) is 2. The van der Waals surface area contributed by atoms with Crippen LogP contribution in [0.1, 0.15) is 10.4 Å². The zero-order chi connectivity index (χ0) is 13.1. The fourth-order valence-electron chi connectivity index (χ4n) is 1.41. The molecule has 0 spiro atoms. The third-order valence-electron chi connectivity index (χ3n) is 2.26. The molecule has 0 aliphatic rings. The molecule has 0 amide bonds. The number of allylic oxidation sites excluding steroid dienone is 1. The number of thiophene rings is 1. The van der Waals surface area contributed by atoms with Crippen LogP contribution in [0.5, 0.6) is 11.5 Å². The van der Waals surface area contributed by atoms with Crippen molar-refractivity contribution < 1.29 is 10.2 Å². The highest BCUT2D eigenvalue weighted by Crippen LogP contribution is 2.30. The topological polar surface area (TPSA) is 64.2 Å². The van der Waals surface area contributed by atoms with E-state index in [2.05, 4.69) is 22.0 Å². The maximum Gasteiger partial charge on any atom is 0.157 e. The van der Waals surface area contributed by atoms with Gasteiger partial charge in [0.1, 0.15) is 6.07 Å². The molecule has 0 aliphatic heterocycles. The molecule has 1 heterocycles. The molecule has 1 aromatic heterocycles. The summed E-state index contributed by atoms with van der Waals surface area (Å²) in [4.78, 5) is 0.844. The minimum Gasteiger partial charge on any atom is -0.504 e. The maximum absolute atomic E-state index is 9.39. The number of rotatable bonds is 2. The summed E-state index contributed by atoms with van der Waals surface area (Å²) in [6.07, 6.45) is 1.66. The van der Waals surface area contributed by atoms with Crippen LogP contribution in [-0.4, -0.2) is 10.2 Å². The highest BCUT2D eigenvalue weighted by Gasteiger charge is 2.05. The predicted molar refractivity (Wildman–Crippen MR) is 75.3 cm³/mol. The molecule has 2 rings (SSSR count). The van der Waals surface area contributed by atoms with Crippen molar-refractivity contribution in [2.45, 2.75) is 0 Å². The van der Waals surface area contributed by atoms with Gasteiger partial charge in [-0.05, 0) is 45.8 Å². The van der Waals surface area contributed by atoms with Crippen LogP contribution in [0.15, 0.2) is 34.1 Å². The van der Waals surface area contributed by atoms with E-state index in [1.54, 1.807) is 12.1 Å². The first-order valence-corrected chi connectivity index (χ1v) is 6.65. The Morgan fingerprint density at radius 3 is 2.61 bits per heavy atom. The van der Waals surface area contributed by atoms with Gasteiger partial charge in [-0.3, -0.25) is 0 Å². The second-order valence-electron chi connectivity index (χ2n) is 3.55. The summed E-state index contributed by atoms with van der Waals surface area (Å²) in [7, 11) is 0. The van der Waals surface area contributed by atoms with Crippen molar-refractivity contribution in [1.29, 1.82) is 5.26 Å². The van der Waals surface area contributed by atoms with Crippen LogP contribution in [0.2, 0.25) is 0 Å². The van der Waals surface area contributed by atoms with E-state index in [4.69, 9.17) is 5.26 Å². The molecule has 3 nitrogen and oxygen atoms in total. The number of phenols is 2. The molecule has 0 bridgehead atoms. The van der Waals surface area contributed by atoms with E-state index in [0.29, 0.717) is 11.1 Å². The number of halogens is 1. The van der Waals surface area contributed by atoms with Gasteiger partial charge in [0.05, 0.1) is 5.57 Å². The standard InChI is InChI=1S/C13H8BrNO2S/c14-10-5-13(18-7-10)9(6-15)3-8-1-2-11(16)12(17)4-8/h1-5,7,16-17H. The highest BCUT2D eigenvalue weighted by atomic mass is 79.9. The lowest BCUT2D eigenvalue weighted by atomic mass is 10.1. The Hall–Kier alpha value is -1.77. The Balaban J connectivity index is 2.41. The molecule has 0 aliphatic carbocycles. The summed E-state index contributed by atoms with van der Waals surface area (Å²) in [5.74, 6) is -0.377. The summed E-state index contributed by atoms with van der Waals surface area (Å²) >= 11 is 4.80. The summed E-state index contributed by atoms with van der Waals surface area (Å²) in [5, 5.41) is 29.6. The lowest BCUT2D eigenvalue weighted by Gasteiger charge is -1.99. The molecule has 0 fully saturated rings. The monoisotopic (exact) mass is 321 g/mol. The van der Waals surface area contributed by atoms with Gasteiger partial charge >= 0.3 is 0 Å². The first-order valence-electron chi connectivity index (χ1n) is 4.98. The first-order chi connectivity index (χ1) is 8.60. The van der Waals surface area contributed by atoms with Gasteiger partial charge in [0.25, 0.3) is 0 Å². The van der Waals surface area contributed by atoms with E-state index in [-0.39, 0.29) is 11.5 Å². The minimum absolute atomic E-state index is 0.176. The molecule has 0 atom stereocenters. The van der Waals surface area contributed by atoms with E-state index in [0.717, 1.165) is 9.35 Å². The third-order valence-corrected chi connectivity index (χ3v) is 3.99. The minimum atomic E-state index is -0.201.